The van der Waals surface area contributed by atoms with Crippen molar-refractivity contribution in [2.75, 3.05) is 11.9 Å². The highest BCUT2D eigenvalue weighted by molar-refractivity contribution is 7.15. The number of hydrogen-bond donors (Lipinski definition) is 1. The van der Waals surface area contributed by atoms with Crippen molar-refractivity contribution < 1.29 is 0 Å². The SMILES string of the molecule is Cc1nc(N(C)Cc2ccsc2)sc1CN. The number of nitrogens with zero attached hydrogens (tertiary/aromatic N) is 2. The smallest absolute Gasteiger partial charge is 0.185 e. The highest BCUT2D eigenvalue weighted by Gasteiger charge is 2.10. The van der Waals surface area contributed by atoms with E-state index in [-0.39, 0.29) is 0 Å². The molecule has 0 atom stereocenters. The Hall–Kier alpha value is -0.910. The molecule has 2 heterocycles. The quantitative estimate of drug-likeness (QED) is 0.910. The summed E-state index contributed by atoms with van der Waals surface area (Å²) in [6, 6.07) is 2.14. The van der Waals surface area contributed by atoms with Crippen molar-refractivity contribution in [1.29, 1.82) is 0 Å². The van der Waals surface area contributed by atoms with Crippen molar-refractivity contribution in [3.05, 3.63) is 33.0 Å². The van der Waals surface area contributed by atoms with Crippen LogP contribution < -0.4 is 10.6 Å². The molecule has 2 aromatic rings. The van der Waals surface area contributed by atoms with Crippen LogP contribution in [0.4, 0.5) is 5.13 Å². The van der Waals surface area contributed by atoms with Gasteiger partial charge in [-0.25, -0.2) is 4.98 Å². The van der Waals surface area contributed by atoms with Crippen molar-refractivity contribution >= 4 is 27.8 Å². The van der Waals surface area contributed by atoms with E-state index in [9.17, 15) is 0 Å². The van der Waals surface area contributed by atoms with Gasteiger partial charge >= 0.3 is 0 Å². The zero-order valence-electron chi connectivity index (χ0n) is 9.43. The van der Waals surface area contributed by atoms with Gasteiger partial charge in [-0.3, -0.25) is 0 Å². The van der Waals surface area contributed by atoms with Crippen LogP contribution >= 0.6 is 22.7 Å². The third-order valence-corrected chi connectivity index (χ3v) is 4.42. The van der Waals surface area contributed by atoms with Crippen molar-refractivity contribution in [1.82, 2.24) is 4.98 Å². The molecule has 0 radical (unpaired) electrons. The molecule has 0 aliphatic carbocycles. The highest BCUT2D eigenvalue weighted by Crippen LogP contribution is 2.26. The lowest BCUT2D eigenvalue weighted by Crippen LogP contribution is -2.15. The molecule has 0 amide bonds. The first-order chi connectivity index (χ1) is 7.70. The number of aryl methyl sites for hydroxylation is 1. The van der Waals surface area contributed by atoms with Crippen LogP contribution in [0, 0.1) is 6.92 Å². The van der Waals surface area contributed by atoms with Gasteiger partial charge in [0.25, 0.3) is 0 Å². The van der Waals surface area contributed by atoms with E-state index in [1.165, 1.54) is 10.4 Å². The Morgan fingerprint density at radius 2 is 2.31 bits per heavy atom. The summed E-state index contributed by atoms with van der Waals surface area (Å²) in [4.78, 5) is 7.87. The van der Waals surface area contributed by atoms with E-state index < -0.39 is 0 Å². The van der Waals surface area contributed by atoms with Crippen LogP contribution in [0.2, 0.25) is 0 Å². The van der Waals surface area contributed by atoms with E-state index in [0.717, 1.165) is 17.4 Å². The van der Waals surface area contributed by atoms with E-state index >= 15 is 0 Å². The molecule has 16 heavy (non-hydrogen) atoms. The number of aromatic nitrogens is 1. The first-order valence-electron chi connectivity index (χ1n) is 5.09. The second-order valence-electron chi connectivity index (χ2n) is 3.70. The summed E-state index contributed by atoms with van der Waals surface area (Å²) in [6.07, 6.45) is 0. The molecule has 0 unspecified atom stereocenters. The molecular weight excluding hydrogens is 238 g/mol. The molecule has 0 fully saturated rings. The zero-order valence-corrected chi connectivity index (χ0v) is 11.1. The van der Waals surface area contributed by atoms with Gasteiger partial charge in [0.1, 0.15) is 0 Å². The van der Waals surface area contributed by atoms with Crippen LogP contribution in [-0.4, -0.2) is 12.0 Å². The van der Waals surface area contributed by atoms with Gasteiger partial charge in [-0.05, 0) is 29.3 Å². The second kappa shape index (κ2) is 4.95. The predicted molar refractivity (Wildman–Crippen MR) is 71.2 cm³/mol. The van der Waals surface area contributed by atoms with E-state index in [1.54, 1.807) is 22.7 Å². The lowest BCUT2D eigenvalue weighted by Gasteiger charge is -2.14. The van der Waals surface area contributed by atoms with Gasteiger partial charge in [0.15, 0.2) is 5.13 Å². The summed E-state index contributed by atoms with van der Waals surface area (Å²) >= 11 is 3.41. The van der Waals surface area contributed by atoms with Gasteiger partial charge in [0, 0.05) is 25.0 Å². The van der Waals surface area contributed by atoms with E-state index in [2.05, 4.69) is 33.8 Å². The molecular formula is C11H15N3S2. The maximum absolute atomic E-state index is 5.65. The lowest BCUT2D eigenvalue weighted by molar-refractivity contribution is 0.913. The van der Waals surface area contributed by atoms with Crippen molar-refractivity contribution in [3.63, 3.8) is 0 Å². The van der Waals surface area contributed by atoms with Gasteiger partial charge in [-0.15, -0.1) is 11.3 Å². The summed E-state index contributed by atoms with van der Waals surface area (Å²) in [7, 11) is 2.07. The number of thiophene rings is 1. The van der Waals surface area contributed by atoms with Gasteiger partial charge in [-0.1, -0.05) is 0 Å². The van der Waals surface area contributed by atoms with Gasteiger partial charge in [0.05, 0.1) is 5.69 Å². The number of anilines is 1. The van der Waals surface area contributed by atoms with Crippen molar-refractivity contribution in [2.45, 2.75) is 20.0 Å². The Kier molecular flexibility index (Phi) is 3.58. The minimum absolute atomic E-state index is 0.579. The zero-order chi connectivity index (χ0) is 11.5. The molecule has 5 heteroatoms. The van der Waals surface area contributed by atoms with Crippen LogP contribution in [0.5, 0.6) is 0 Å². The summed E-state index contributed by atoms with van der Waals surface area (Å²) in [5.74, 6) is 0. The van der Waals surface area contributed by atoms with E-state index in [0.29, 0.717) is 6.54 Å². The number of rotatable bonds is 4. The summed E-state index contributed by atoms with van der Waals surface area (Å²) in [5.41, 5.74) is 8.04. The molecule has 3 nitrogen and oxygen atoms in total. The van der Waals surface area contributed by atoms with Gasteiger partial charge in [-0.2, -0.15) is 11.3 Å². The van der Waals surface area contributed by atoms with Crippen LogP contribution in [0.3, 0.4) is 0 Å². The number of nitrogens with two attached hydrogens (primary N) is 1. The fourth-order valence-corrected chi connectivity index (χ4v) is 3.05. The molecule has 0 aliphatic rings. The van der Waals surface area contributed by atoms with Gasteiger partial charge in [0.2, 0.25) is 0 Å². The van der Waals surface area contributed by atoms with Crippen LogP contribution in [0.15, 0.2) is 16.8 Å². The minimum Gasteiger partial charge on any atom is -0.347 e. The fraction of sp³-hybridized carbons (Fsp3) is 0.364. The maximum atomic E-state index is 5.65. The number of thiazole rings is 1. The largest absolute Gasteiger partial charge is 0.347 e. The fourth-order valence-electron chi connectivity index (χ4n) is 1.49. The average molecular weight is 253 g/mol. The molecule has 0 bridgehead atoms. The first-order valence-corrected chi connectivity index (χ1v) is 6.85. The monoisotopic (exact) mass is 253 g/mol. The summed E-state index contributed by atoms with van der Waals surface area (Å²) < 4.78 is 0. The maximum Gasteiger partial charge on any atom is 0.185 e. The molecule has 86 valence electrons. The van der Waals surface area contributed by atoms with Crippen LogP contribution in [0.25, 0.3) is 0 Å². The Bertz CT molecular complexity index is 448. The molecule has 0 saturated heterocycles. The van der Waals surface area contributed by atoms with Gasteiger partial charge < -0.3 is 10.6 Å². The lowest BCUT2D eigenvalue weighted by atomic mass is 10.3. The number of hydrogen-bond acceptors (Lipinski definition) is 5. The molecule has 2 N–H and O–H groups in total. The Balaban J connectivity index is 2.11. The summed E-state index contributed by atoms with van der Waals surface area (Å²) in [5, 5.41) is 5.31. The Labute approximate surface area is 104 Å². The minimum atomic E-state index is 0.579. The normalized spacial score (nSPS) is 10.7. The van der Waals surface area contributed by atoms with Crippen molar-refractivity contribution in [3.8, 4) is 0 Å². The molecule has 2 rings (SSSR count). The topological polar surface area (TPSA) is 42.2 Å². The van der Waals surface area contributed by atoms with Crippen LogP contribution in [-0.2, 0) is 13.1 Å². The molecule has 0 spiro atoms. The summed E-state index contributed by atoms with van der Waals surface area (Å²) in [6.45, 7) is 3.50. The third kappa shape index (κ3) is 2.42. The molecule has 0 aromatic carbocycles. The van der Waals surface area contributed by atoms with E-state index in [1.807, 2.05) is 6.92 Å². The Morgan fingerprint density at radius 1 is 1.50 bits per heavy atom. The second-order valence-corrected chi connectivity index (χ2v) is 5.54. The average Bonchev–Trinajstić information content (AvgIpc) is 2.87. The van der Waals surface area contributed by atoms with E-state index in [4.69, 9.17) is 5.73 Å². The first kappa shape index (κ1) is 11.6. The van der Waals surface area contributed by atoms with Crippen LogP contribution in [0.1, 0.15) is 16.1 Å². The standard InChI is InChI=1S/C11H15N3S2/c1-8-10(5-12)16-11(13-8)14(2)6-9-3-4-15-7-9/h3-4,7H,5-6,12H2,1-2H3. The molecule has 0 saturated carbocycles. The Morgan fingerprint density at radius 3 is 2.88 bits per heavy atom. The molecule has 0 aliphatic heterocycles. The highest BCUT2D eigenvalue weighted by atomic mass is 32.1. The molecule has 2 aromatic heterocycles. The van der Waals surface area contributed by atoms with Crippen molar-refractivity contribution in [2.24, 2.45) is 5.73 Å². The predicted octanol–water partition coefficient (Wildman–Crippen LogP) is 2.61. The third-order valence-electron chi connectivity index (χ3n) is 2.39.